The predicted molar refractivity (Wildman–Crippen MR) is 143 cm³/mol. The standard InChI is InChI=1S/C27H36N4O6S/c1-4-29-10-9-18(13-29)21-11-20(12-28-21)38-25-15(2)23-22(16(3)32)26(33)30(23)24(25)27(34)37-14-17-5-7-19(8-6-17)31(35)36/h5-8,15-16,18,20-23,28,32H,4,9-14H2,1-3H3/t15-,16-,18+,20+,21+,22-,23-/m1/s1. The fourth-order valence-corrected chi connectivity index (χ4v) is 7.93. The lowest BCUT2D eigenvalue weighted by Gasteiger charge is -2.46. The summed E-state index contributed by atoms with van der Waals surface area (Å²) in [6.07, 6.45) is 1.41. The van der Waals surface area contributed by atoms with Crippen LogP contribution in [0.25, 0.3) is 0 Å². The van der Waals surface area contributed by atoms with E-state index in [1.807, 2.05) is 6.92 Å². The second kappa shape index (κ2) is 11.0. The fourth-order valence-electron chi connectivity index (χ4n) is 6.44. The van der Waals surface area contributed by atoms with Crippen LogP contribution in [0.5, 0.6) is 0 Å². The largest absolute Gasteiger partial charge is 0.456 e. The van der Waals surface area contributed by atoms with Gasteiger partial charge in [0, 0.05) is 47.3 Å². The molecule has 1 amide bonds. The Bertz CT molecular complexity index is 1130. The minimum Gasteiger partial charge on any atom is -0.456 e. The smallest absolute Gasteiger partial charge is 0.356 e. The molecule has 0 aromatic heterocycles. The number of non-ortho nitro benzene ring substituents is 1. The SMILES string of the molecule is CCN1CC[C@H]([C@@H]2C[C@H](SC3=C(C(=O)OCc4ccc([N+](=O)[O-])cc4)N4C(=O)[C@H]([C@@H](C)O)[C@H]4[C@H]3C)CN2)C1. The van der Waals surface area contributed by atoms with Crippen LogP contribution in [0.1, 0.15) is 39.2 Å². The van der Waals surface area contributed by atoms with Crippen molar-refractivity contribution in [1.29, 1.82) is 0 Å². The number of nitro benzene ring substituents is 1. The third-order valence-electron chi connectivity index (χ3n) is 8.56. The van der Waals surface area contributed by atoms with Crippen LogP contribution in [0.2, 0.25) is 0 Å². The van der Waals surface area contributed by atoms with Crippen molar-refractivity contribution in [1.82, 2.24) is 15.1 Å². The highest BCUT2D eigenvalue weighted by molar-refractivity contribution is 8.03. The van der Waals surface area contributed by atoms with Crippen molar-refractivity contribution in [3.05, 3.63) is 50.5 Å². The number of likely N-dealkylation sites (tertiary alicyclic amines) is 1. The Morgan fingerprint density at radius 2 is 2.08 bits per heavy atom. The van der Waals surface area contributed by atoms with E-state index in [1.165, 1.54) is 23.5 Å². The first-order valence-corrected chi connectivity index (χ1v) is 14.4. The molecule has 7 atom stereocenters. The van der Waals surface area contributed by atoms with Crippen LogP contribution in [-0.2, 0) is 20.9 Å². The third kappa shape index (κ3) is 4.97. The number of amides is 1. The summed E-state index contributed by atoms with van der Waals surface area (Å²) in [5, 5.41) is 25.2. The highest BCUT2D eigenvalue weighted by Crippen LogP contribution is 2.52. The molecule has 0 aliphatic carbocycles. The van der Waals surface area contributed by atoms with Crippen molar-refractivity contribution >= 4 is 29.3 Å². The molecule has 4 heterocycles. The van der Waals surface area contributed by atoms with Crippen molar-refractivity contribution < 1.29 is 24.4 Å². The summed E-state index contributed by atoms with van der Waals surface area (Å²) < 4.78 is 5.62. The first-order chi connectivity index (χ1) is 18.2. The Labute approximate surface area is 226 Å². The zero-order valence-electron chi connectivity index (χ0n) is 22.0. The van der Waals surface area contributed by atoms with Gasteiger partial charge in [-0.2, -0.15) is 0 Å². The van der Waals surface area contributed by atoms with Gasteiger partial charge in [-0.1, -0.05) is 13.8 Å². The van der Waals surface area contributed by atoms with Crippen molar-refractivity contribution in [2.24, 2.45) is 17.8 Å². The highest BCUT2D eigenvalue weighted by Gasteiger charge is 2.60. The summed E-state index contributed by atoms with van der Waals surface area (Å²) in [6, 6.07) is 6.04. The number of fused-ring (bicyclic) bond motifs is 1. The molecule has 1 aromatic rings. The Hall–Kier alpha value is -2.47. The van der Waals surface area contributed by atoms with Crippen molar-refractivity contribution in [3.8, 4) is 0 Å². The molecule has 0 saturated carbocycles. The van der Waals surface area contributed by atoms with E-state index in [2.05, 4.69) is 17.1 Å². The Morgan fingerprint density at radius 1 is 1.34 bits per heavy atom. The number of thioether (sulfide) groups is 1. The second-order valence-corrected chi connectivity index (χ2v) is 12.2. The summed E-state index contributed by atoms with van der Waals surface area (Å²) in [5.41, 5.74) is 0.879. The summed E-state index contributed by atoms with van der Waals surface area (Å²) in [5.74, 6) is -0.811. The number of nitrogens with zero attached hydrogens (tertiary/aromatic N) is 3. The molecular weight excluding hydrogens is 508 g/mol. The Balaban J connectivity index is 1.31. The van der Waals surface area contributed by atoms with Crippen LogP contribution in [-0.4, -0.2) is 81.3 Å². The number of aliphatic hydroxyl groups is 1. The maximum atomic E-state index is 13.4. The van der Waals surface area contributed by atoms with Gasteiger partial charge in [0.2, 0.25) is 5.91 Å². The predicted octanol–water partition coefficient (Wildman–Crippen LogP) is 2.51. The van der Waals surface area contributed by atoms with Gasteiger partial charge in [-0.3, -0.25) is 14.9 Å². The number of rotatable bonds is 9. The van der Waals surface area contributed by atoms with Crippen LogP contribution in [0.3, 0.4) is 0 Å². The van der Waals surface area contributed by atoms with Gasteiger partial charge in [0.1, 0.15) is 12.3 Å². The molecule has 11 heteroatoms. The van der Waals surface area contributed by atoms with Gasteiger partial charge < -0.3 is 25.0 Å². The summed E-state index contributed by atoms with van der Waals surface area (Å²) >= 11 is 1.67. The summed E-state index contributed by atoms with van der Waals surface area (Å²) in [6.45, 7) is 9.97. The van der Waals surface area contributed by atoms with E-state index in [1.54, 1.807) is 30.8 Å². The summed E-state index contributed by atoms with van der Waals surface area (Å²) in [7, 11) is 0. The number of esters is 1. The van der Waals surface area contributed by atoms with Crippen molar-refractivity contribution in [2.45, 2.75) is 63.7 Å². The monoisotopic (exact) mass is 544 g/mol. The number of aliphatic hydroxyl groups excluding tert-OH is 1. The number of hydrogen-bond donors (Lipinski definition) is 2. The van der Waals surface area contributed by atoms with Crippen LogP contribution in [0.15, 0.2) is 34.9 Å². The lowest BCUT2D eigenvalue weighted by atomic mass is 9.79. The molecule has 0 radical (unpaired) electrons. The van der Waals surface area contributed by atoms with E-state index in [-0.39, 0.29) is 41.1 Å². The maximum Gasteiger partial charge on any atom is 0.356 e. The minimum atomic E-state index is -0.797. The molecule has 4 aliphatic heterocycles. The molecule has 206 valence electrons. The van der Waals surface area contributed by atoms with Crippen molar-refractivity contribution in [2.75, 3.05) is 26.2 Å². The molecule has 3 saturated heterocycles. The van der Waals surface area contributed by atoms with Gasteiger partial charge in [-0.25, -0.2) is 4.79 Å². The zero-order valence-corrected chi connectivity index (χ0v) is 22.9. The van der Waals surface area contributed by atoms with Gasteiger partial charge in [0.05, 0.1) is 23.0 Å². The average molecular weight is 545 g/mol. The first-order valence-electron chi connectivity index (χ1n) is 13.5. The molecule has 1 aromatic carbocycles. The van der Waals surface area contributed by atoms with E-state index < -0.39 is 22.9 Å². The van der Waals surface area contributed by atoms with E-state index in [9.17, 15) is 24.8 Å². The molecular formula is C27H36N4O6S. The molecule has 38 heavy (non-hydrogen) atoms. The second-order valence-electron chi connectivity index (χ2n) is 10.9. The van der Waals surface area contributed by atoms with E-state index >= 15 is 0 Å². The van der Waals surface area contributed by atoms with Crippen LogP contribution in [0, 0.1) is 27.9 Å². The first kappa shape index (κ1) is 27.1. The molecule has 2 N–H and O–H groups in total. The lowest BCUT2D eigenvalue weighted by Crippen LogP contribution is -2.63. The van der Waals surface area contributed by atoms with E-state index in [0.717, 1.165) is 37.5 Å². The number of nitro groups is 1. The minimum absolute atomic E-state index is 0.0345. The molecule has 10 nitrogen and oxygen atoms in total. The normalized spacial score (nSPS) is 31.9. The Morgan fingerprint density at radius 3 is 2.71 bits per heavy atom. The highest BCUT2D eigenvalue weighted by atomic mass is 32.2. The van der Waals surface area contributed by atoms with Gasteiger partial charge in [0.15, 0.2) is 0 Å². The van der Waals surface area contributed by atoms with Gasteiger partial charge >= 0.3 is 5.97 Å². The van der Waals surface area contributed by atoms with Gasteiger partial charge in [-0.05, 0) is 56.5 Å². The fraction of sp³-hybridized carbons (Fsp3) is 0.630. The lowest BCUT2D eigenvalue weighted by molar-refractivity contribution is -0.384. The van der Waals surface area contributed by atoms with Crippen molar-refractivity contribution in [3.63, 3.8) is 0 Å². The van der Waals surface area contributed by atoms with Gasteiger partial charge in [-0.15, -0.1) is 11.8 Å². The molecule has 3 fully saturated rings. The maximum absolute atomic E-state index is 13.4. The number of carbonyl (C=O) groups is 2. The topological polar surface area (TPSA) is 125 Å². The molecule has 5 rings (SSSR count). The number of benzene rings is 1. The number of ether oxygens (including phenoxy) is 1. The third-order valence-corrected chi connectivity index (χ3v) is 10.1. The molecule has 4 aliphatic rings. The van der Waals surface area contributed by atoms with Crippen LogP contribution in [0.4, 0.5) is 5.69 Å². The number of nitrogens with one attached hydrogen (secondary N) is 1. The number of carbonyl (C=O) groups excluding carboxylic acids is 2. The Kier molecular flexibility index (Phi) is 7.82. The quantitative estimate of drug-likeness (QED) is 0.209. The van der Waals surface area contributed by atoms with Gasteiger partial charge in [0.25, 0.3) is 5.69 Å². The number of hydrogen-bond acceptors (Lipinski definition) is 9. The molecule has 0 unspecified atom stereocenters. The van der Waals surface area contributed by atoms with Crippen LogP contribution < -0.4 is 5.32 Å². The molecule has 0 spiro atoms. The average Bonchev–Trinajstić information content (AvgIpc) is 3.61. The number of β-lactam (4-membered cyclic amide) rings is 1. The molecule has 0 bridgehead atoms. The van der Waals surface area contributed by atoms with E-state index in [4.69, 9.17) is 4.74 Å². The van der Waals surface area contributed by atoms with Crippen LogP contribution >= 0.6 is 11.8 Å². The summed E-state index contributed by atoms with van der Waals surface area (Å²) in [4.78, 5) is 41.7. The van der Waals surface area contributed by atoms with E-state index in [0.29, 0.717) is 17.5 Å². The zero-order chi connectivity index (χ0) is 27.1.